The van der Waals surface area contributed by atoms with Crippen LogP contribution in [0.25, 0.3) is 0 Å². The van der Waals surface area contributed by atoms with Gasteiger partial charge in [0.05, 0.1) is 25.5 Å². The number of hydrogen-bond acceptors (Lipinski definition) is 6. The molecule has 0 aromatic heterocycles. The van der Waals surface area contributed by atoms with Crippen molar-refractivity contribution in [2.24, 2.45) is 15.9 Å². The van der Waals surface area contributed by atoms with Gasteiger partial charge in [-0.05, 0) is 12.1 Å². The summed E-state index contributed by atoms with van der Waals surface area (Å²) in [7, 11) is 2.92. The predicted molar refractivity (Wildman–Crippen MR) is 101 cm³/mol. The van der Waals surface area contributed by atoms with Crippen LogP contribution in [0.3, 0.4) is 0 Å². The van der Waals surface area contributed by atoms with Crippen molar-refractivity contribution in [2.45, 2.75) is 6.92 Å². The summed E-state index contributed by atoms with van der Waals surface area (Å²) in [5, 5.41) is 2.85. The van der Waals surface area contributed by atoms with E-state index in [2.05, 4.69) is 15.3 Å². The van der Waals surface area contributed by atoms with E-state index in [4.69, 9.17) is 0 Å². The molecule has 2 aliphatic rings. The van der Waals surface area contributed by atoms with E-state index >= 15 is 0 Å². The van der Waals surface area contributed by atoms with Crippen molar-refractivity contribution in [1.82, 2.24) is 4.90 Å². The highest BCUT2D eigenvalue weighted by Crippen LogP contribution is 2.25. The summed E-state index contributed by atoms with van der Waals surface area (Å²) in [5.74, 6) is -1.66. The molecule has 0 saturated carbocycles. The molecule has 1 unspecified atom stereocenters. The number of carbonyl (C=O) groups is 3. The minimum atomic E-state index is -0.840. The van der Waals surface area contributed by atoms with Crippen molar-refractivity contribution < 1.29 is 23.3 Å². The van der Waals surface area contributed by atoms with Gasteiger partial charge in [-0.3, -0.25) is 9.59 Å². The number of thioether (sulfide) groups is 1. The van der Waals surface area contributed by atoms with E-state index in [1.165, 1.54) is 36.9 Å². The van der Waals surface area contributed by atoms with Gasteiger partial charge in [-0.2, -0.15) is 9.48 Å². The van der Waals surface area contributed by atoms with Gasteiger partial charge in [-0.1, -0.05) is 28.9 Å². The molecule has 10 heteroatoms. The third kappa shape index (κ3) is 3.65. The molecule has 0 spiro atoms. The molecule has 8 nitrogen and oxygen atoms in total. The van der Waals surface area contributed by atoms with Gasteiger partial charge in [0.15, 0.2) is 5.92 Å². The van der Waals surface area contributed by atoms with Crippen molar-refractivity contribution in [2.75, 3.05) is 25.2 Å². The first-order chi connectivity index (χ1) is 12.8. The van der Waals surface area contributed by atoms with Gasteiger partial charge < -0.3 is 5.32 Å². The van der Waals surface area contributed by atoms with Crippen molar-refractivity contribution in [1.29, 1.82) is 0 Å². The SMILES string of the molecule is CC1=NC2=[N+](C)C(=O)N(C)C(=O)C2C(SCC(=O)Nc2ccccc2F)=N1. The quantitative estimate of drug-likeness (QED) is 0.793. The molecule has 1 aromatic carbocycles. The monoisotopic (exact) mass is 390 g/mol. The predicted octanol–water partition coefficient (Wildman–Crippen LogP) is 1.58. The van der Waals surface area contributed by atoms with Gasteiger partial charge in [0.25, 0.3) is 5.84 Å². The Morgan fingerprint density at radius 1 is 1.33 bits per heavy atom. The third-order valence-corrected chi connectivity index (χ3v) is 5.08. The number of halogens is 1. The van der Waals surface area contributed by atoms with Crippen LogP contribution in [0.2, 0.25) is 0 Å². The van der Waals surface area contributed by atoms with E-state index in [0.29, 0.717) is 10.9 Å². The molecule has 140 valence electrons. The van der Waals surface area contributed by atoms with Crippen LogP contribution >= 0.6 is 11.8 Å². The lowest BCUT2D eigenvalue weighted by atomic mass is 10.1. The van der Waals surface area contributed by atoms with Crippen LogP contribution in [-0.4, -0.2) is 63.9 Å². The van der Waals surface area contributed by atoms with E-state index in [0.717, 1.165) is 16.7 Å². The average Bonchev–Trinajstić information content (AvgIpc) is 2.64. The molecule has 2 heterocycles. The number of nitrogens with one attached hydrogen (secondary N) is 1. The van der Waals surface area contributed by atoms with Crippen LogP contribution < -0.4 is 5.32 Å². The van der Waals surface area contributed by atoms with Gasteiger partial charge >= 0.3 is 11.9 Å². The summed E-state index contributed by atoms with van der Waals surface area (Å²) >= 11 is 1.06. The molecule has 27 heavy (non-hydrogen) atoms. The summed E-state index contributed by atoms with van der Waals surface area (Å²) in [6, 6.07) is 5.36. The molecule has 1 atom stereocenters. The summed E-state index contributed by atoms with van der Waals surface area (Å²) in [5.41, 5.74) is 0.0810. The Kier molecular flexibility index (Phi) is 5.17. The topological polar surface area (TPSA) is 94.2 Å². The van der Waals surface area contributed by atoms with Crippen molar-refractivity contribution in [3.63, 3.8) is 0 Å². The zero-order valence-electron chi connectivity index (χ0n) is 14.9. The largest absolute Gasteiger partial charge is 0.445 e. The number of rotatable bonds is 3. The molecule has 0 bridgehead atoms. The van der Waals surface area contributed by atoms with Gasteiger partial charge in [0.2, 0.25) is 11.7 Å². The number of fused-ring (bicyclic) bond motifs is 1. The Hall–Kier alpha value is -2.88. The van der Waals surface area contributed by atoms with Crippen LogP contribution in [0.15, 0.2) is 34.3 Å². The second kappa shape index (κ2) is 7.39. The highest BCUT2D eigenvalue weighted by atomic mass is 32.2. The molecule has 1 N–H and O–H groups in total. The molecule has 0 aliphatic carbocycles. The van der Waals surface area contributed by atoms with Gasteiger partial charge in [0.1, 0.15) is 10.9 Å². The molecule has 0 fully saturated rings. The van der Waals surface area contributed by atoms with E-state index in [-0.39, 0.29) is 17.3 Å². The maximum absolute atomic E-state index is 13.6. The molecular formula is C17H17FN5O3S+. The molecule has 4 amide bonds. The van der Waals surface area contributed by atoms with Crippen molar-refractivity contribution >= 4 is 52.0 Å². The number of benzene rings is 1. The van der Waals surface area contributed by atoms with Crippen LogP contribution in [-0.2, 0) is 9.59 Å². The molecular weight excluding hydrogens is 373 g/mol. The summed E-state index contributed by atoms with van der Waals surface area (Å²) in [6.45, 7) is 1.64. The number of aliphatic imine (C=N–C) groups is 2. The second-order valence-corrected chi connectivity index (χ2v) is 6.95. The van der Waals surface area contributed by atoms with E-state index in [1.807, 2.05) is 0 Å². The number of carbonyl (C=O) groups excluding carboxylic acids is 3. The highest BCUT2D eigenvalue weighted by molar-refractivity contribution is 8.14. The average molecular weight is 390 g/mol. The molecule has 3 rings (SSSR count). The minimum absolute atomic E-state index is 0.0706. The van der Waals surface area contributed by atoms with Crippen LogP contribution in [0.5, 0.6) is 0 Å². The van der Waals surface area contributed by atoms with Crippen LogP contribution in [0, 0.1) is 11.7 Å². The molecule has 0 radical (unpaired) electrons. The first-order valence-electron chi connectivity index (χ1n) is 8.02. The summed E-state index contributed by atoms with van der Waals surface area (Å²) < 4.78 is 14.9. The number of nitrogens with zero attached hydrogens (tertiary/aromatic N) is 4. The van der Waals surface area contributed by atoms with Gasteiger partial charge in [-0.25, -0.2) is 14.2 Å². The van der Waals surface area contributed by atoms with Gasteiger partial charge in [0, 0.05) is 6.92 Å². The van der Waals surface area contributed by atoms with E-state index in [1.54, 1.807) is 13.0 Å². The fourth-order valence-electron chi connectivity index (χ4n) is 2.69. The lowest BCUT2D eigenvalue weighted by molar-refractivity contribution is -0.407. The number of urea groups is 1. The zero-order chi connectivity index (χ0) is 19.7. The zero-order valence-corrected chi connectivity index (χ0v) is 15.7. The Labute approximate surface area is 158 Å². The first kappa shape index (κ1) is 18.9. The minimum Gasteiger partial charge on any atom is -0.323 e. The smallest absolute Gasteiger partial charge is 0.323 e. The first-order valence-corrected chi connectivity index (χ1v) is 9.01. The lowest BCUT2D eigenvalue weighted by Gasteiger charge is -2.26. The number of imide groups is 1. The third-order valence-electron chi connectivity index (χ3n) is 4.05. The van der Waals surface area contributed by atoms with Crippen molar-refractivity contribution in [3.8, 4) is 0 Å². The Morgan fingerprint density at radius 2 is 2.04 bits per heavy atom. The summed E-state index contributed by atoms with van der Waals surface area (Å²) in [4.78, 5) is 46.3. The molecule has 1 aromatic rings. The van der Waals surface area contributed by atoms with Gasteiger partial charge in [-0.15, -0.1) is 0 Å². The van der Waals surface area contributed by atoms with E-state index < -0.39 is 29.6 Å². The maximum Gasteiger partial charge on any atom is 0.445 e. The second-order valence-electron chi connectivity index (χ2n) is 5.96. The fraction of sp³-hybridized carbons (Fsp3) is 0.294. The van der Waals surface area contributed by atoms with E-state index in [9.17, 15) is 18.8 Å². The Bertz CT molecular complexity index is 940. The molecule has 2 aliphatic heterocycles. The van der Waals surface area contributed by atoms with Crippen LogP contribution in [0.1, 0.15) is 6.92 Å². The number of anilines is 1. The highest BCUT2D eigenvalue weighted by Gasteiger charge is 2.48. The summed E-state index contributed by atoms with van der Waals surface area (Å²) in [6.07, 6.45) is 0. The number of para-hydroxylation sites is 1. The molecule has 0 saturated heterocycles. The maximum atomic E-state index is 13.6. The number of amides is 4. The standard InChI is InChI=1S/C17H16FN5O3S/c1-9-19-14-13(16(25)23(3)17(26)22(14)2)15(20-9)27-8-12(24)21-11-7-5-4-6-10(11)18/h4-7,13H,8H2,1-3H3/p+1. The lowest BCUT2D eigenvalue weighted by Crippen LogP contribution is -2.54. The van der Waals surface area contributed by atoms with Crippen LogP contribution in [0.4, 0.5) is 14.9 Å². The Morgan fingerprint density at radius 3 is 2.74 bits per heavy atom. The Balaban J connectivity index is 1.77. The normalized spacial score (nSPS) is 19.6. The number of hydrogen-bond donors (Lipinski definition) is 1. The number of amidine groups is 2. The van der Waals surface area contributed by atoms with Crippen molar-refractivity contribution in [3.05, 3.63) is 30.1 Å². The fourth-order valence-corrected chi connectivity index (χ4v) is 3.61.